The molecule has 0 saturated heterocycles. The highest BCUT2D eigenvalue weighted by molar-refractivity contribution is 9.10. The molecular weight excluding hydrogens is 330 g/mol. The lowest BCUT2D eigenvalue weighted by Gasteiger charge is -2.39. The fraction of sp³-hybridized carbons (Fsp3) is 0.647. The Kier molecular flexibility index (Phi) is 5.55. The smallest absolute Gasteiger partial charge is 0.164 e. The van der Waals surface area contributed by atoms with E-state index in [-0.39, 0.29) is 5.41 Å². The average Bonchev–Trinajstić information content (AvgIpc) is 2.54. The van der Waals surface area contributed by atoms with Crippen LogP contribution in [-0.2, 0) is 11.8 Å². The number of halogens is 1. The highest BCUT2D eigenvalue weighted by Crippen LogP contribution is 2.48. The minimum absolute atomic E-state index is 0.0714. The SMILES string of the molecule is CCc1c(OC)c(OC)cc(Br)c1C1(CN)CCCCC1. The number of hydrogen-bond acceptors (Lipinski definition) is 3. The van der Waals surface area contributed by atoms with E-state index in [0.29, 0.717) is 6.54 Å². The number of nitrogens with two attached hydrogens (primary N) is 1. The first-order valence-corrected chi connectivity index (χ1v) is 8.56. The molecule has 4 heteroatoms. The van der Waals surface area contributed by atoms with Gasteiger partial charge in [0.1, 0.15) is 0 Å². The molecule has 1 aliphatic rings. The molecule has 3 nitrogen and oxygen atoms in total. The molecule has 0 amide bonds. The molecule has 0 atom stereocenters. The minimum Gasteiger partial charge on any atom is -0.493 e. The molecule has 0 aromatic heterocycles. The Labute approximate surface area is 136 Å². The summed E-state index contributed by atoms with van der Waals surface area (Å²) in [5.74, 6) is 1.64. The molecule has 0 aliphatic heterocycles. The molecule has 1 aromatic carbocycles. The maximum Gasteiger partial charge on any atom is 0.164 e. The molecule has 118 valence electrons. The highest BCUT2D eigenvalue weighted by atomic mass is 79.9. The summed E-state index contributed by atoms with van der Waals surface area (Å²) in [4.78, 5) is 0. The summed E-state index contributed by atoms with van der Waals surface area (Å²) in [6, 6.07) is 2.03. The van der Waals surface area contributed by atoms with E-state index < -0.39 is 0 Å². The van der Waals surface area contributed by atoms with Crippen molar-refractivity contribution in [3.8, 4) is 11.5 Å². The van der Waals surface area contributed by atoms with Gasteiger partial charge in [-0.1, -0.05) is 42.1 Å². The number of methoxy groups -OCH3 is 2. The summed E-state index contributed by atoms with van der Waals surface area (Å²) in [6.07, 6.45) is 7.04. The Bertz CT molecular complexity index is 496. The maximum absolute atomic E-state index is 6.23. The second-order valence-electron chi connectivity index (χ2n) is 5.85. The molecule has 1 saturated carbocycles. The van der Waals surface area contributed by atoms with Gasteiger partial charge in [0.15, 0.2) is 11.5 Å². The van der Waals surface area contributed by atoms with Gasteiger partial charge in [0.25, 0.3) is 0 Å². The van der Waals surface area contributed by atoms with Crippen molar-refractivity contribution in [1.29, 1.82) is 0 Å². The summed E-state index contributed by atoms with van der Waals surface area (Å²) in [7, 11) is 3.40. The topological polar surface area (TPSA) is 44.5 Å². The normalized spacial score (nSPS) is 17.6. The van der Waals surface area contributed by atoms with Crippen molar-refractivity contribution in [2.75, 3.05) is 20.8 Å². The first-order valence-electron chi connectivity index (χ1n) is 7.77. The van der Waals surface area contributed by atoms with Gasteiger partial charge in [0.2, 0.25) is 0 Å². The molecule has 0 radical (unpaired) electrons. The van der Waals surface area contributed by atoms with E-state index in [1.165, 1.54) is 30.4 Å². The molecule has 1 fully saturated rings. The van der Waals surface area contributed by atoms with E-state index >= 15 is 0 Å². The van der Waals surface area contributed by atoms with Crippen LogP contribution in [-0.4, -0.2) is 20.8 Å². The predicted octanol–water partition coefficient (Wildman–Crippen LogP) is 4.19. The zero-order valence-electron chi connectivity index (χ0n) is 13.3. The van der Waals surface area contributed by atoms with Gasteiger partial charge in [-0.2, -0.15) is 0 Å². The van der Waals surface area contributed by atoms with Crippen LogP contribution in [0.4, 0.5) is 0 Å². The van der Waals surface area contributed by atoms with Crippen molar-refractivity contribution in [1.82, 2.24) is 0 Å². The minimum atomic E-state index is 0.0714. The van der Waals surface area contributed by atoms with Gasteiger partial charge < -0.3 is 15.2 Å². The largest absolute Gasteiger partial charge is 0.493 e. The van der Waals surface area contributed by atoms with Crippen molar-refractivity contribution in [3.05, 3.63) is 21.7 Å². The Morgan fingerprint density at radius 2 is 1.86 bits per heavy atom. The summed E-state index contributed by atoms with van der Waals surface area (Å²) in [5.41, 5.74) is 8.87. The van der Waals surface area contributed by atoms with Gasteiger partial charge in [-0.25, -0.2) is 0 Å². The maximum atomic E-state index is 6.23. The lowest BCUT2D eigenvalue weighted by atomic mass is 9.67. The van der Waals surface area contributed by atoms with Gasteiger partial charge in [-0.05, 0) is 30.9 Å². The van der Waals surface area contributed by atoms with Gasteiger partial charge in [0, 0.05) is 22.0 Å². The third-order valence-corrected chi connectivity index (χ3v) is 5.43. The highest BCUT2D eigenvalue weighted by Gasteiger charge is 2.37. The molecule has 0 spiro atoms. The Balaban J connectivity index is 2.66. The fourth-order valence-corrected chi connectivity index (χ4v) is 4.60. The van der Waals surface area contributed by atoms with E-state index in [9.17, 15) is 0 Å². The molecule has 2 rings (SSSR count). The third kappa shape index (κ3) is 2.93. The Hall–Kier alpha value is -0.740. The molecule has 1 aromatic rings. The Morgan fingerprint density at radius 3 is 2.33 bits per heavy atom. The summed E-state index contributed by atoms with van der Waals surface area (Å²) >= 11 is 3.76. The standard InChI is InChI=1S/C17H26BrNO2/c1-4-12-15(17(11-19)8-6-5-7-9-17)13(18)10-14(20-2)16(12)21-3/h10H,4-9,11,19H2,1-3H3. The van der Waals surface area contributed by atoms with Crippen LogP contribution in [0.2, 0.25) is 0 Å². The van der Waals surface area contributed by atoms with Gasteiger partial charge >= 0.3 is 0 Å². The summed E-state index contributed by atoms with van der Waals surface area (Å²) in [5, 5.41) is 0. The second-order valence-corrected chi connectivity index (χ2v) is 6.70. The first-order chi connectivity index (χ1) is 10.1. The van der Waals surface area contributed by atoms with Crippen molar-refractivity contribution in [2.24, 2.45) is 5.73 Å². The molecule has 2 N–H and O–H groups in total. The van der Waals surface area contributed by atoms with Crippen LogP contribution < -0.4 is 15.2 Å². The van der Waals surface area contributed by atoms with Gasteiger partial charge in [-0.3, -0.25) is 0 Å². The molecule has 0 unspecified atom stereocenters. The zero-order valence-corrected chi connectivity index (χ0v) is 14.9. The van der Waals surface area contributed by atoms with E-state index in [1.807, 2.05) is 6.07 Å². The van der Waals surface area contributed by atoms with Crippen molar-refractivity contribution in [2.45, 2.75) is 50.9 Å². The van der Waals surface area contributed by atoms with Crippen LogP contribution >= 0.6 is 15.9 Å². The van der Waals surface area contributed by atoms with Crippen molar-refractivity contribution >= 4 is 15.9 Å². The van der Waals surface area contributed by atoms with E-state index in [4.69, 9.17) is 15.2 Å². The predicted molar refractivity (Wildman–Crippen MR) is 90.4 cm³/mol. The lowest BCUT2D eigenvalue weighted by Crippen LogP contribution is -2.38. The molecule has 0 bridgehead atoms. The van der Waals surface area contributed by atoms with Crippen LogP contribution in [0.3, 0.4) is 0 Å². The summed E-state index contributed by atoms with van der Waals surface area (Å²) < 4.78 is 12.2. The van der Waals surface area contributed by atoms with Crippen LogP contribution in [0.5, 0.6) is 11.5 Å². The van der Waals surface area contributed by atoms with Crippen LogP contribution in [0, 0.1) is 0 Å². The zero-order chi connectivity index (χ0) is 15.5. The number of benzene rings is 1. The molecule has 21 heavy (non-hydrogen) atoms. The second kappa shape index (κ2) is 7.01. The average molecular weight is 356 g/mol. The summed E-state index contributed by atoms with van der Waals surface area (Å²) in [6.45, 7) is 2.86. The van der Waals surface area contributed by atoms with Crippen LogP contribution in [0.25, 0.3) is 0 Å². The van der Waals surface area contributed by atoms with E-state index in [1.54, 1.807) is 14.2 Å². The quantitative estimate of drug-likeness (QED) is 0.860. The number of ether oxygens (including phenoxy) is 2. The number of rotatable bonds is 5. The van der Waals surface area contributed by atoms with Crippen molar-refractivity contribution in [3.63, 3.8) is 0 Å². The molecule has 1 aliphatic carbocycles. The van der Waals surface area contributed by atoms with Crippen LogP contribution in [0.15, 0.2) is 10.5 Å². The third-order valence-electron chi connectivity index (χ3n) is 4.81. The van der Waals surface area contributed by atoms with E-state index in [2.05, 4.69) is 22.9 Å². The molecule has 0 heterocycles. The van der Waals surface area contributed by atoms with Crippen LogP contribution in [0.1, 0.15) is 50.2 Å². The Morgan fingerprint density at radius 1 is 1.19 bits per heavy atom. The van der Waals surface area contributed by atoms with Crippen molar-refractivity contribution < 1.29 is 9.47 Å². The number of hydrogen-bond donors (Lipinski definition) is 1. The monoisotopic (exact) mass is 355 g/mol. The molecular formula is C17H26BrNO2. The van der Waals surface area contributed by atoms with E-state index in [0.717, 1.165) is 35.2 Å². The van der Waals surface area contributed by atoms with Gasteiger partial charge in [-0.15, -0.1) is 0 Å². The van der Waals surface area contributed by atoms with Gasteiger partial charge in [0.05, 0.1) is 14.2 Å². The fourth-order valence-electron chi connectivity index (χ4n) is 3.73. The first kappa shape index (κ1) is 16.6. The lowest BCUT2D eigenvalue weighted by molar-refractivity contribution is 0.293.